The second kappa shape index (κ2) is 8.22. The molecule has 120 valence electrons. The van der Waals surface area contributed by atoms with Crippen LogP contribution in [0.5, 0.6) is 11.5 Å². The van der Waals surface area contributed by atoms with E-state index >= 15 is 0 Å². The monoisotopic (exact) mass is 297 g/mol. The van der Waals surface area contributed by atoms with Crippen LogP contribution in [0.1, 0.15) is 26.3 Å². The van der Waals surface area contributed by atoms with Gasteiger partial charge in [-0.25, -0.2) is 0 Å². The number of nitrogens with one attached hydrogen (secondary N) is 1. The number of aliphatic hydroxyl groups is 1. The Labute approximate surface area is 127 Å². The predicted octanol–water partition coefficient (Wildman–Crippen LogP) is 1.97. The van der Waals surface area contributed by atoms with Gasteiger partial charge < -0.3 is 24.6 Å². The van der Waals surface area contributed by atoms with Crippen molar-refractivity contribution in [3.63, 3.8) is 0 Å². The zero-order chi connectivity index (χ0) is 15.9. The lowest BCUT2D eigenvalue weighted by molar-refractivity contribution is 0.0316. The molecule has 1 rings (SSSR count). The third-order valence-electron chi connectivity index (χ3n) is 2.87. The minimum atomic E-state index is -0.664. The van der Waals surface area contributed by atoms with Crippen LogP contribution in [0.3, 0.4) is 0 Å². The highest BCUT2D eigenvalue weighted by Crippen LogP contribution is 2.31. The Kier molecular flexibility index (Phi) is 6.95. The van der Waals surface area contributed by atoms with Gasteiger partial charge in [-0.1, -0.05) is 12.1 Å². The molecular weight excluding hydrogens is 270 g/mol. The molecule has 1 aromatic carbocycles. The summed E-state index contributed by atoms with van der Waals surface area (Å²) in [6, 6.07) is 5.76. The smallest absolute Gasteiger partial charge is 0.165 e. The van der Waals surface area contributed by atoms with Crippen molar-refractivity contribution in [1.82, 2.24) is 5.32 Å². The summed E-state index contributed by atoms with van der Waals surface area (Å²) in [5.41, 5.74) is 1.00. The Hall–Kier alpha value is -1.30. The molecule has 5 nitrogen and oxygen atoms in total. The van der Waals surface area contributed by atoms with Crippen LogP contribution in [0.25, 0.3) is 0 Å². The van der Waals surface area contributed by atoms with E-state index in [0.29, 0.717) is 18.0 Å². The van der Waals surface area contributed by atoms with Crippen LogP contribution in [0.15, 0.2) is 18.2 Å². The van der Waals surface area contributed by atoms with Gasteiger partial charge in [0.05, 0.1) is 13.7 Å². The van der Waals surface area contributed by atoms with Crippen molar-refractivity contribution in [1.29, 1.82) is 0 Å². The summed E-state index contributed by atoms with van der Waals surface area (Å²) in [6.45, 7) is 7.39. The van der Waals surface area contributed by atoms with Gasteiger partial charge in [0.2, 0.25) is 0 Å². The van der Waals surface area contributed by atoms with Gasteiger partial charge in [-0.2, -0.15) is 0 Å². The summed E-state index contributed by atoms with van der Waals surface area (Å²) >= 11 is 0. The molecule has 0 heterocycles. The molecule has 0 fully saturated rings. The van der Waals surface area contributed by atoms with E-state index in [9.17, 15) is 5.11 Å². The molecule has 1 aromatic rings. The molecule has 0 aromatic heterocycles. The molecule has 1 unspecified atom stereocenters. The van der Waals surface area contributed by atoms with E-state index in [4.69, 9.17) is 14.2 Å². The highest BCUT2D eigenvalue weighted by molar-refractivity contribution is 5.46. The highest BCUT2D eigenvalue weighted by Gasteiger charge is 2.15. The third-order valence-corrected chi connectivity index (χ3v) is 2.87. The van der Waals surface area contributed by atoms with Gasteiger partial charge in [-0.05, 0) is 26.8 Å². The summed E-state index contributed by atoms with van der Waals surface area (Å²) in [4.78, 5) is 0. The van der Waals surface area contributed by atoms with Gasteiger partial charge in [0, 0.05) is 24.8 Å². The number of methoxy groups -OCH3 is 2. The van der Waals surface area contributed by atoms with Crippen LogP contribution in [-0.2, 0) is 11.3 Å². The lowest BCUT2D eigenvalue weighted by Crippen LogP contribution is -2.35. The molecule has 0 aliphatic heterocycles. The quantitative estimate of drug-likeness (QED) is 0.768. The maximum absolute atomic E-state index is 9.72. The zero-order valence-electron chi connectivity index (χ0n) is 13.6. The van der Waals surface area contributed by atoms with Crippen LogP contribution in [0.4, 0.5) is 0 Å². The second-order valence-corrected chi connectivity index (χ2v) is 5.97. The first-order valence-electron chi connectivity index (χ1n) is 7.08. The summed E-state index contributed by atoms with van der Waals surface area (Å²) in [6.07, 6.45) is -0.664. The van der Waals surface area contributed by atoms with Crippen molar-refractivity contribution < 1.29 is 19.3 Å². The van der Waals surface area contributed by atoms with E-state index in [1.807, 2.05) is 18.2 Å². The maximum Gasteiger partial charge on any atom is 0.165 e. The molecule has 0 saturated heterocycles. The standard InChI is InChI=1S/C16H27NO4/c1-16(2,3)17-9-12-7-6-8-14(20-5)15(12)21-11-13(18)10-19-4/h6-8,13,17-18H,9-11H2,1-5H3. The molecule has 5 heteroatoms. The highest BCUT2D eigenvalue weighted by atomic mass is 16.5. The van der Waals surface area contributed by atoms with Crippen LogP contribution >= 0.6 is 0 Å². The SMILES string of the molecule is COCC(O)COc1c(CNC(C)(C)C)cccc1OC. The van der Waals surface area contributed by atoms with Crippen molar-refractivity contribution in [2.45, 2.75) is 39.0 Å². The average molecular weight is 297 g/mol. The summed E-state index contributed by atoms with van der Waals surface area (Å²) in [5.74, 6) is 1.32. The fraction of sp³-hybridized carbons (Fsp3) is 0.625. The Morgan fingerprint density at radius 1 is 1.19 bits per heavy atom. The van der Waals surface area contributed by atoms with Gasteiger partial charge in [-0.3, -0.25) is 0 Å². The predicted molar refractivity (Wildman–Crippen MR) is 83.0 cm³/mol. The summed E-state index contributed by atoms with van der Waals surface area (Å²) in [7, 11) is 3.15. The molecule has 0 amide bonds. The average Bonchev–Trinajstić information content (AvgIpc) is 2.42. The Morgan fingerprint density at radius 2 is 1.90 bits per heavy atom. The van der Waals surface area contributed by atoms with Gasteiger partial charge in [0.15, 0.2) is 11.5 Å². The van der Waals surface area contributed by atoms with Crippen molar-refractivity contribution in [2.75, 3.05) is 27.4 Å². The van der Waals surface area contributed by atoms with Crippen molar-refractivity contribution in [3.05, 3.63) is 23.8 Å². The molecular formula is C16H27NO4. The number of rotatable bonds is 8. The normalized spacial score (nSPS) is 13.0. The third kappa shape index (κ3) is 6.33. The molecule has 0 saturated carbocycles. The molecule has 0 spiro atoms. The van der Waals surface area contributed by atoms with E-state index in [1.54, 1.807) is 14.2 Å². The van der Waals surface area contributed by atoms with Crippen LogP contribution in [0.2, 0.25) is 0 Å². The molecule has 1 atom stereocenters. The first-order valence-corrected chi connectivity index (χ1v) is 7.08. The minimum Gasteiger partial charge on any atom is -0.493 e. The Morgan fingerprint density at radius 3 is 2.48 bits per heavy atom. The molecule has 0 aliphatic carbocycles. The lowest BCUT2D eigenvalue weighted by Gasteiger charge is -2.23. The number of hydrogen-bond acceptors (Lipinski definition) is 5. The fourth-order valence-electron chi connectivity index (χ4n) is 1.81. The first-order chi connectivity index (χ1) is 9.87. The molecule has 0 aliphatic rings. The van der Waals surface area contributed by atoms with E-state index in [-0.39, 0.29) is 18.8 Å². The number of ether oxygens (including phenoxy) is 3. The van der Waals surface area contributed by atoms with E-state index < -0.39 is 6.10 Å². The number of aliphatic hydroxyl groups excluding tert-OH is 1. The van der Waals surface area contributed by atoms with Crippen LogP contribution in [-0.4, -0.2) is 44.2 Å². The Bertz CT molecular complexity index is 429. The van der Waals surface area contributed by atoms with Crippen molar-refractivity contribution in [2.24, 2.45) is 0 Å². The maximum atomic E-state index is 9.72. The van der Waals surface area contributed by atoms with Crippen molar-refractivity contribution in [3.8, 4) is 11.5 Å². The minimum absolute atomic E-state index is 0.00983. The van der Waals surface area contributed by atoms with Crippen molar-refractivity contribution >= 4 is 0 Å². The molecule has 0 bridgehead atoms. The van der Waals surface area contributed by atoms with E-state index in [0.717, 1.165) is 5.56 Å². The van der Waals surface area contributed by atoms with E-state index in [1.165, 1.54) is 0 Å². The number of hydrogen-bond donors (Lipinski definition) is 2. The van der Waals surface area contributed by atoms with Gasteiger partial charge >= 0.3 is 0 Å². The van der Waals surface area contributed by atoms with Crippen LogP contribution in [0, 0.1) is 0 Å². The van der Waals surface area contributed by atoms with Crippen LogP contribution < -0.4 is 14.8 Å². The number of benzene rings is 1. The van der Waals surface area contributed by atoms with Gasteiger partial charge in [0.25, 0.3) is 0 Å². The molecule has 0 radical (unpaired) electrons. The summed E-state index contributed by atoms with van der Waals surface area (Å²) in [5, 5.41) is 13.1. The second-order valence-electron chi connectivity index (χ2n) is 5.97. The van der Waals surface area contributed by atoms with E-state index in [2.05, 4.69) is 26.1 Å². The zero-order valence-corrected chi connectivity index (χ0v) is 13.6. The Balaban J connectivity index is 2.82. The largest absolute Gasteiger partial charge is 0.493 e. The first kappa shape index (κ1) is 17.8. The van der Waals surface area contributed by atoms with Gasteiger partial charge in [0.1, 0.15) is 12.7 Å². The number of para-hydroxylation sites is 1. The fourth-order valence-corrected chi connectivity index (χ4v) is 1.81. The lowest BCUT2D eigenvalue weighted by atomic mass is 10.1. The molecule has 2 N–H and O–H groups in total. The molecule has 21 heavy (non-hydrogen) atoms. The topological polar surface area (TPSA) is 60.0 Å². The van der Waals surface area contributed by atoms with Gasteiger partial charge in [-0.15, -0.1) is 0 Å². The summed E-state index contributed by atoms with van der Waals surface area (Å²) < 4.78 is 16.0.